The first kappa shape index (κ1) is 7.53. The van der Waals surface area contributed by atoms with E-state index in [1.54, 1.807) is 0 Å². The normalized spacial score (nSPS) is 45.0. The average molecular weight is 156 g/mol. The summed E-state index contributed by atoms with van der Waals surface area (Å²) >= 11 is 0. The highest BCUT2D eigenvalue weighted by Crippen LogP contribution is 2.20. The van der Waals surface area contributed by atoms with Crippen LogP contribution in [-0.2, 0) is 0 Å². The molecule has 2 fully saturated rings. The van der Waals surface area contributed by atoms with Crippen LogP contribution in [-0.4, -0.2) is 36.4 Å². The molecule has 1 saturated carbocycles. The molecule has 0 spiro atoms. The fourth-order valence-corrected chi connectivity index (χ4v) is 2.18. The first-order valence-corrected chi connectivity index (χ1v) is 4.53. The molecule has 0 amide bonds. The molecule has 2 rings (SSSR count). The van der Waals surface area contributed by atoms with Gasteiger partial charge in [-0.2, -0.15) is 0 Å². The van der Waals surface area contributed by atoms with Gasteiger partial charge in [-0.3, -0.25) is 0 Å². The van der Waals surface area contributed by atoms with E-state index in [2.05, 4.69) is 10.6 Å². The first-order chi connectivity index (χ1) is 5.38. The molecular formula is C8H16N2O. The van der Waals surface area contributed by atoms with Gasteiger partial charge in [0.05, 0.1) is 6.10 Å². The van der Waals surface area contributed by atoms with Gasteiger partial charge < -0.3 is 15.7 Å². The molecule has 0 aromatic carbocycles. The van der Waals surface area contributed by atoms with Gasteiger partial charge >= 0.3 is 0 Å². The molecule has 2 unspecified atom stereocenters. The highest BCUT2D eigenvalue weighted by molar-refractivity contribution is 4.94. The number of nitrogens with one attached hydrogen (secondary N) is 2. The molecule has 3 N–H and O–H groups in total. The summed E-state index contributed by atoms with van der Waals surface area (Å²) < 4.78 is 0. The molecule has 1 aliphatic heterocycles. The zero-order valence-corrected chi connectivity index (χ0v) is 6.71. The lowest BCUT2D eigenvalue weighted by Gasteiger charge is -2.40. The number of fused-ring (bicyclic) bond motifs is 1. The van der Waals surface area contributed by atoms with Crippen LogP contribution in [0.5, 0.6) is 0 Å². The largest absolute Gasteiger partial charge is 0.391 e. The predicted molar refractivity (Wildman–Crippen MR) is 43.4 cm³/mol. The maximum atomic E-state index is 9.60. The van der Waals surface area contributed by atoms with E-state index in [0.717, 1.165) is 25.9 Å². The fourth-order valence-electron chi connectivity index (χ4n) is 2.18. The van der Waals surface area contributed by atoms with Crippen molar-refractivity contribution >= 4 is 0 Å². The topological polar surface area (TPSA) is 44.3 Å². The van der Waals surface area contributed by atoms with Crippen LogP contribution in [0, 0.1) is 0 Å². The molecule has 1 aliphatic carbocycles. The summed E-state index contributed by atoms with van der Waals surface area (Å²) in [5, 5.41) is 16.4. The van der Waals surface area contributed by atoms with E-state index in [9.17, 15) is 5.11 Å². The van der Waals surface area contributed by atoms with Crippen molar-refractivity contribution in [2.45, 2.75) is 37.5 Å². The van der Waals surface area contributed by atoms with Gasteiger partial charge in [0.15, 0.2) is 0 Å². The minimum Gasteiger partial charge on any atom is -0.391 e. The van der Waals surface area contributed by atoms with E-state index in [1.165, 1.54) is 6.42 Å². The van der Waals surface area contributed by atoms with Gasteiger partial charge in [-0.1, -0.05) is 0 Å². The maximum absolute atomic E-state index is 9.60. The third-order valence-corrected chi connectivity index (χ3v) is 2.77. The molecule has 64 valence electrons. The summed E-state index contributed by atoms with van der Waals surface area (Å²) in [6.45, 7) is 2.05. The molecule has 0 bridgehead atoms. The lowest BCUT2D eigenvalue weighted by atomic mass is 9.87. The predicted octanol–water partition coefficient (Wildman–Crippen LogP) is -0.539. The third kappa shape index (κ3) is 1.41. The van der Waals surface area contributed by atoms with Gasteiger partial charge in [0.1, 0.15) is 0 Å². The number of aliphatic hydroxyl groups is 1. The van der Waals surface area contributed by atoms with Crippen molar-refractivity contribution in [3.63, 3.8) is 0 Å². The molecule has 0 aromatic heterocycles. The molecule has 0 aromatic rings. The second-order valence-corrected chi connectivity index (χ2v) is 3.54. The summed E-state index contributed by atoms with van der Waals surface area (Å²) in [6.07, 6.45) is 3.23. The van der Waals surface area contributed by atoms with Crippen molar-refractivity contribution in [2.24, 2.45) is 0 Å². The van der Waals surface area contributed by atoms with Crippen molar-refractivity contribution in [3.8, 4) is 0 Å². The number of hydrogen-bond acceptors (Lipinski definition) is 3. The minimum absolute atomic E-state index is 0.124. The second kappa shape index (κ2) is 3.09. The summed E-state index contributed by atoms with van der Waals surface area (Å²) in [4.78, 5) is 0. The Kier molecular flexibility index (Phi) is 2.11. The Morgan fingerprint density at radius 2 is 1.91 bits per heavy atom. The first-order valence-electron chi connectivity index (χ1n) is 4.53. The Bertz CT molecular complexity index is 138. The van der Waals surface area contributed by atoms with E-state index < -0.39 is 0 Å². The quantitative estimate of drug-likeness (QED) is 0.441. The summed E-state index contributed by atoms with van der Waals surface area (Å²) in [5.41, 5.74) is 0. The van der Waals surface area contributed by atoms with E-state index in [-0.39, 0.29) is 6.10 Å². The molecule has 3 nitrogen and oxygen atoms in total. The SMILES string of the molecule is O[C@@H]1CCCC2NCCNC21. The molecule has 1 heterocycles. The number of piperazine rings is 1. The second-order valence-electron chi connectivity index (χ2n) is 3.54. The van der Waals surface area contributed by atoms with Crippen LogP contribution < -0.4 is 10.6 Å². The van der Waals surface area contributed by atoms with E-state index in [1.807, 2.05) is 0 Å². The van der Waals surface area contributed by atoms with Crippen LogP contribution in [0.25, 0.3) is 0 Å². The lowest BCUT2D eigenvalue weighted by Crippen LogP contribution is -2.62. The Labute approximate surface area is 67.2 Å². The number of rotatable bonds is 0. The molecule has 2 aliphatic rings. The van der Waals surface area contributed by atoms with E-state index in [0.29, 0.717) is 12.1 Å². The lowest BCUT2D eigenvalue weighted by molar-refractivity contribution is 0.0606. The Balaban J connectivity index is 1.99. The number of aliphatic hydroxyl groups excluding tert-OH is 1. The van der Waals surface area contributed by atoms with Crippen molar-refractivity contribution in [3.05, 3.63) is 0 Å². The highest BCUT2D eigenvalue weighted by atomic mass is 16.3. The zero-order chi connectivity index (χ0) is 7.68. The van der Waals surface area contributed by atoms with Crippen LogP contribution in [0.4, 0.5) is 0 Å². The van der Waals surface area contributed by atoms with Crippen LogP contribution in [0.1, 0.15) is 19.3 Å². The van der Waals surface area contributed by atoms with Gasteiger partial charge in [-0.15, -0.1) is 0 Å². The minimum atomic E-state index is -0.124. The molecule has 3 atom stereocenters. The monoisotopic (exact) mass is 156 g/mol. The molecule has 0 radical (unpaired) electrons. The van der Waals surface area contributed by atoms with Gasteiger partial charge in [0, 0.05) is 25.2 Å². The van der Waals surface area contributed by atoms with Crippen LogP contribution in [0.2, 0.25) is 0 Å². The molecule has 1 saturated heterocycles. The summed E-state index contributed by atoms with van der Waals surface area (Å²) in [5.74, 6) is 0. The standard InChI is InChI=1S/C8H16N2O/c11-7-3-1-2-6-8(7)10-5-4-9-6/h6-11H,1-5H2/t6?,7-,8?/m1/s1. The van der Waals surface area contributed by atoms with E-state index >= 15 is 0 Å². The maximum Gasteiger partial charge on any atom is 0.0708 e. The van der Waals surface area contributed by atoms with Crippen LogP contribution >= 0.6 is 0 Å². The van der Waals surface area contributed by atoms with Gasteiger partial charge in [-0.25, -0.2) is 0 Å². The summed E-state index contributed by atoms with van der Waals surface area (Å²) in [7, 11) is 0. The van der Waals surface area contributed by atoms with Crippen LogP contribution in [0.15, 0.2) is 0 Å². The Morgan fingerprint density at radius 3 is 2.73 bits per heavy atom. The van der Waals surface area contributed by atoms with Crippen molar-refractivity contribution < 1.29 is 5.11 Å². The van der Waals surface area contributed by atoms with E-state index in [4.69, 9.17) is 0 Å². The van der Waals surface area contributed by atoms with Crippen LogP contribution in [0.3, 0.4) is 0 Å². The number of hydrogen-bond donors (Lipinski definition) is 3. The third-order valence-electron chi connectivity index (χ3n) is 2.77. The Morgan fingerprint density at radius 1 is 1.09 bits per heavy atom. The average Bonchev–Trinajstić information content (AvgIpc) is 2.06. The van der Waals surface area contributed by atoms with Gasteiger partial charge in [0.25, 0.3) is 0 Å². The van der Waals surface area contributed by atoms with Gasteiger partial charge in [-0.05, 0) is 19.3 Å². The smallest absolute Gasteiger partial charge is 0.0708 e. The molecule has 3 heteroatoms. The summed E-state index contributed by atoms with van der Waals surface area (Å²) in [6, 6.07) is 0.838. The molecular weight excluding hydrogens is 140 g/mol. The highest BCUT2D eigenvalue weighted by Gasteiger charge is 2.33. The van der Waals surface area contributed by atoms with Gasteiger partial charge in [0.2, 0.25) is 0 Å². The van der Waals surface area contributed by atoms with Crippen molar-refractivity contribution in [1.29, 1.82) is 0 Å². The molecule has 11 heavy (non-hydrogen) atoms. The fraction of sp³-hybridized carbons (Fsp3) is 1.00. The van der Waals surface area contributed by atoms with Crippen molar-refractivity contribution in [2.75, 3.05) is 13.1 Å². The zero-order valence-electron chi connectivity index (χ0n) is 6.71. The van der Waals surface area contributed by atoms with Crippen molar-refractivity contribution in [1.82, 2.24) is 10.6 Å². The Hall–Kier alpha value is -0.120.